The van der Waals surface area contributed by atoms with E-state index in [4.69, 9.17) is 4.74 Å². The lowest BCUT2D eigenvalue weighted by molar-refractivity contribution is -0.145. The van der Waals surface area contributed by atoms with E-state index in [1.54, 1.807) is 0 Å². The molecule has 0 aliphatic carbocycles. The van der Waals surface area contributed by atoms with Crippen LogP contribution in [0.5, 0.6) is 0 Å². The van der Waals surface area contributed by atoms with Gasteiger partial charge >= 0.3 is 5.97 Å². The fraction of sp³-hybridized carbons (Fsp3) is 0.200. The van der Waals surface area contributed by atoms with Gasteiger partial charge in [-0.15, -0.1) is 0 Å². The number of rotatable bonds is 4. The van der Waals surface area contributed by atoms with Crippen molar-refractivity contribution >= 4 is 11.8 Å². The van der Waals surface area contributed by atoms with Crippen LogP contribution in [0.1, 0.15) is 23.7 Å². The maximum atomic E-state index is 12.7. The summed E-state index contributed by atoms with van der Waals surface area (Å²) in [6.45, 7) is 0.735. The van der Waals surface area contributed by atoms with Crippen LogP contribution in [0.15, 0.2) is 72.4 Å². The van der Waals surface area contributed by atoms with Gasteiger partial charge in [0.05, 0.1) is 6.04 Å². The number of hydrogen-bond donors (Lipinski definition) is 0. The molecule has 0 aromatic heterocycles. The molecule has 1 fully saturated rings. The molecule has 2 aliphatic heterocycles. The van der Waals surface area contributed by atoms with Gasteiger partial charge in [0.15, 0.2) is 11.9 Å². The van der Waals surface area contributed by atoms with Crippen LogP contribution in [0.25, 0.3) is 0 Å². The number of fused-ring (bicyclic) bond motifs is 1. The Hall–Kier alpha value is -2.88. The van der Waals surface area contributed by atoms with Gasteiger partial charge in [0.25, 0.3) is 0 Å². The maximum Gasteiger partial charge on any atom is 0.355 e. The Labute approximate surface area is 140 Å². The smallest absolute Gasteiger partial charge is 0.355 e. The van der Waals surface area contributed by atoms with Gasteiger partial charge < -0.3 is 9.64 Å². The molecule has 4 rings (SSSR count). The molecular weight excluding hydrogens is 302 g/mol. The molecule has 4 nitrogen and oxygen atoms in total. The number of carbonyl (C=O) groups is 2. The number of esters is 1. The second-order valence-corrected chi connectivity index (χ2v) is 6.04. The van der Waals surface area contributed by atoms with Crippen molar-refractivity contribution in [2.75, 3.05) is 6.54 Å². The van der Waals surface area contributed by atoms with Gasteiger partial charge in [-0.25, -0.2) is 4.79 Å². The van der Waals surface area contributed by atoms with E-state index >= 15 is 0 Å². The Morgan fingerprint density at radius 2 is 1.58 bits per heavy atom. The van der Waals surface area contributed by atoms with Gasteiger partial charge in [-0.3, -0.25) is 4.79 Å². The number of ketones is 1. The summed E-state index contributed by atoms with van der Waals surface area (Å²) >= 11 is 0. The van der Waals surface area contributed by atoms with Gasteiger partial charge in [-0.1, -0.05) is 60.7 Å². The monoisotopic (exact) mass is 319 g/mol. The molecule has 1 unspecified atom stereocenters. The predicted molar refractivity (Wildman–Crippen MR) is 89.0 cm³/mol. The summed E-state index contributed by atoms with van der Waals surface area (Å²) in [5.74, 6) is -0.438. The number of ether oxygens (including phenoxy) is 1. The van der Waals surface area contributed by atoms with Crippen molar-refractivity contribution in [3.05, 3.63) is 83.6 Å². The SMILES string of the molecule is O=C(OC(c1ccccc1)c1ccccc1)C1=CC(=O)C2CCN12. The highest BCUT2D eigenvalue weighted by Gasteiger charge is 2.43. The van der Waals surface area contributed by atoms with Crippen molar-refractivity contribution in [1.82, 2.24) is 4.90 Å². The van der Waals surface area contributed by atoms with E-state index < -0.39 is 12.1 Å². The lowest BCUT2D eigenvalue weighted by Crippen LogP contribution is -2.47. The highest BCUT2D eigenvalue weighted by Crippen LogP contribution is 2.33. The zero-order chi connectivity index (χ0) is 16.5. The number of nitrogens with zero attached hydrogens (tertiary/aromatic N) is 1. The standard InChI is InChI=1S/C20H17NO3/c22-18-13-17(21-12-11-16(18)21)20(23)24-19(14-7-3-1-4-8-14)15-9-5-2-6-10-15/h1-10,13,16,19H,11-12H2. The summed E-state index contributed by atoms with van der Waals surface area (Å²) in [6.07, 6.45) is 1.75. The lowest BCUT2D eigenvalue weighted by Gasteiger charge is -2.37. The number of carbonyl (C=O) groups excluding carboxylic acids is 2. The Morgan fingerprint density at radius 3 is 2.04 bits per heavy atom. The molecule has 120 valence electrons. The molecule has 0 radical (unpaired) electrons. The van der Waals surface area contributed by atoms with Crippen LogP contribution >= 0.6 is 0 Å². The second-order valence-electron chi connectivity index (χ2n) is 6.04. The van der Waals surface area contributed by atoms with Crippen LogP contribution in [-0.2, 0) is 14.3 Å². The van der Waals surface area contributed by atoms with Crippen molar-refractivity contribution in [3.63, 3.8) is 0 Å². The van der Waals surface area contributed by atoms with Crippen LogP contribution in [0, 0.1) is 0 Å². The van der Waals surface area contributed by atoms with E-state index in [0.717, 1.165) is 24.1 Å². The summed E-state index contributed by atoms with van der Waals surface area (Å²) in [6, 6.07) is 19.1. The van der Waals surface area contributed by atoms with Gasteiger partial charge in [-0.05, 0) is 17.5 Å². The largest absolute Gasteiger partial charge is 0.448 e. The van der Waals surface area contributed by atoms with Crippen molar-refractivity contribution < 1.29 is 14.3 Å². The molecule has 1 saturated heterocycles. The van der Waals surface area contributed by atoms with Crippen molar-refractivity contribution in [1.29, 1.82) is 0 Å². The molecule has 0 saturated carbocycles. The van der Waals surface area contributed by atoms with Crippen LogP contribution in [0.2, 0.25) is 0 Å². The quantitative estimate of drug-likeness (QED) is 0.813. The molecule has 2 aromatic rings. The average Bonchev–Trinajstić information content (AvgIpc) is 2.82. The molecule has 0 N–H and O–H groups in total. The highest BCUT2D eigenvalue weighted by molar-refractivity contribution is 6.06. The molecular formula is C20H17NO3. The Morgan fingerprint density at radius 1 is 1.00 bits per heavy atom. The maximum absolute atomic E-state index is 12.7. The first-order valence-electron chi connectivity index (χ1n) is 8.07. The summed E-state index contributed by atoms with van der Waals surface area (Å²) in [5.41, 5.74) is 2.19. The van der Waals surface area contributed by atoms with Crippen LogP contribution in [-0.4, -0.2) is 29.2 Å². The molecule has 2 aliphatic rings. The number of hydrogen-bond acceptors (Lipinski definition) is 4. The van der Waals surface area contributed by atoms with Crippen LogP contribution in [0.3, 0.4) is 0 Å². The molecule has 0 bridgehead atoms. The second kappa shape index (κ2) is 5.96. The van der Waals surface area contributed by atoms with E-state index in [9.17, 15) is 9.59 Å². The normalized spacial score (nSPS) is 18.9. The minimum absolute atomic E-state index is 0.00386. The Kier molecular flexibility index (Phi) is 3.65. The minimum Gasteiger partial charge on any atom is -0.448 e. The molecule has 1 atom stereocenters. The molecule has 0 spiro atoms. The Balaban J connectivity index is 1.62. The molecule has 4 heteroatoms. The van der Waals surface area contributed by atoms with Crippen molar-refractivity contribution in [2.45, 2.75) is 18.6 Å². The van der Waals surface area contributed by atoms with E-state index in [1.165, 1.54) is 6.08 Å². The molecule has 2 heterocycles. The first-order valence-corrected chi connectivity index (χ1v) is 8.07. The molecule has 2 aromatic carbocycles. The lowest BCUT2D eigenvalue weighted by atomic mass is 10.0. The zero-order valence-corrected chi connectivity index (χ0v) is 13.1. The predicted octanol–water partition coefficient (Wildman–Crippen LogP) is 2.86. The van der Waals surface area contributed by atoms with Gasteiger partial charge in [-0.2, -0.15) is 0 Å². The summed E-state index contributed by atoms with van der Waals surface area (Å²) < 4.78 is 5.81. The third-order valence-electron chi connectivity index (χ3n) is 4.58. The summed E-state index contributed by atoms with van der Waals surface area (Å²) in [4.78, 5) is 26.3. The third-order valence-corrected chi connectivity index (χ3v) is 4.58. The third kappa shape index (κ3) is 2.50. The van der Waals surface area contributed by atoms with Crippen LogP contribution < -0.4 is 0 Å². The molecule has 0 amide bonds. The fourth-order valence-corrected chi connectivity index (χ4v) is 3.21. The zero-order valence-electron chi connectivity index (χ0n) is 13.1. The van der Waals surface area contributed by atoms with Gasteiger partial charge in [0.1, 0.15) is 5.70 Å². The summed E-state index contributed by atoms with van der Waals surface area (Å²) in [7, 11) is 0. The van der Waals surface area contributed by atoms with Gasteiger partial charge in [0.2, 0.25) is 0 Å². The number of benzene rings is 2. The Bertz CT molecular complexity index is 759. The van der Waals surface area contributed by atoms with E-state index in [-0.39, 0.29) is 11.8 Å². The topological polar surface area (TPSA) is 46.6 Å². The van der Waals surface area contributed by atoms with Crippen molar-refractivity contribution in [2.24, 2.45) is 0 Å². The highest BCUT2D eigenvalue weighted by atomic mass is 16.5. The minimum atomic E-state index is -0.490. The average molecular weight is 319 g/mol. The first kappa shape index (κ1) is 14.7. The van der Waals surface area contributed by atoms with Gasteiger partial charge in [0, 0.05) is 12.6 Å². The van der Waals surface area contributed by atoms with Crippen molar-refractivity contribution in [3.8, 4) is 0 Å². The van der Waals surface area contributed by atoms with E-state index in [2.05, 4.69) is 0 Å². The summed E-state index contributed by atoms with van der Waals surface area (Å²) in [5, 5.41) is 0. The van der Waals surface area contributed by atoms with E-state index in [1.807, 2.05) is 65.6 Å². The van der Waals surface area contributed by atoms with E-state index in [0.29, 0.717) is 5.70 Å². The molecule has 24 heavy (non-hydrogen) atoms. The fourth-order valence-electron chi connectivity index (χ4n) is 3.21. The van der Waals surface area contributed by atoms with Crippen LogP contribution in [0.4, 0.5) is 0 Å². The first-order chi connectivity index (χ1) is 11.7.